The molecule has 248 valence electrons. The van der Waals surface area contributed by atoms with E-state index in [4.69, 9.17) is 85.9 Å². The van der Waals surface area contributed by atoms with Crippen LogP contribution in [0.1, 0.15) is 27.7 Å². The van der Waals surface area contributed by atoms with Gasteiger partial charge in [0.05, 0.1) is 26.2 Å². The molecule has 39 heavy (non-hydrogen) atoms. The summed E-state index contributed by atoms with van der Waals surface area (Å²) in [6.07, 6.45) is 0. The molecule has 0 heterocycles. The number of hydrogen-bond acceptors (Lipinski definition) is 24. The molecule has 0 aromatic rings. The summed E-state index contributed by atoms with van der Waals surface area (Å²) < 4.78 is 208. The summed E-state index contributed by atoms with van der Waals surface area (Å²) in [4.78, 5) is 0. The molecule has 0 atom stereocenters. The quantitative estimate of drug-likeness (QED) is 0.186. The minimum atomic E-state index is -6.02. The topological polar surface area (TPSA) is 482 Å². The van der Waals surface area contributed by atoms with Crippen molar-refractivity contribution >= 4 is 0 Å². The summed E-state index contributed by atoms with van der Waals surface area (Å²) in [5.74, 6) is 0. The third-order valence-corrected chi connectivity index (χ3v) is 2.68. The molecule has 0 aliphatic rings. The Hall–Kier alpha value is 1.21. The van der Waals surface area contributed by atoms with Crippen molar-refractivity contribution in [3.8, 4) is 0 Å². The summed E-state index contributed by atoms with van der Waals surface area (Å²) in [5.41, 5.74) is 0. The molecule has 31 heteroatoms. The molecule has 0 aliphatic heterocycles. The molecule has 0 saturated carbocycles. The molecule has 0 saturated heterocycles. The standard InChI is InChI=1S/C8H20N.6Mo.24O/c1-5-9(6-2,7-3)8-4;;;;;;;;;;;;;;;;;;;;;;;;;;;;;;/h5-8H2,1-4H3;;;;;;;;;;;;;;;;;;;;;;;;;;;;;;/q+1;;;;;;;;;;;;;;;;;;;12*-1. The molecule has 0 fully saturated rings. The van der Waals surface area contributed by atoms with Crippen LogP contribution in [0.5, 0.6) is 0 Å². The van der Waals surface area contributed by atoms with E-state index in [0.717, 1.165) is 0 Å². The van der Waals surface area contributed by atoms with E-state index >= 15 is 0 Å². The van der Waals surface area contributed by atoms with Crippen molar-refractivity contribution in [3.05, 3.63) is 0 Å². The van der Waals surface area contributed by atoms with E-state index in [-0.39, 0.29) is 0 Å². The molecule has 0 aromatic heterocycles. The Bertz CT molecular complexity index is 925. The van der Waals surface area contributed by atoms with E-state index in [9.17, 15) is 0 Å². The molecular weight excluding hydrogens is 1070 g/mol. The van der Waals surface area contributed by atoms with Crippen molar-refractivity contribution in [2.24, 2.45) is 0 Å². The molecule has 0 amide bonds. The molecule has 0 aromatic carbocycles. The van der Waals surface area contributed by atoms with Gasteiger partial charge < -0.3 is 4.48 Å². The average Bonchev–Trinajstić information content (AvgIpc) is 2.48. The Balaban J connectivity index is -0.0000000622. The number of hydrogen-bond donors (Lipinski definition) is 0. The zero-order valence-corrected chi connectivity index (χ0v) is 31.6. The third-order valence-electron chi connectivity index (χ3n) is 2.68. The van der Waals surface area contributed by atoms with Crippen molar-refractivity contribution < 1.29 is 191 Å². The summed E-state index contributed by atoms with van der Waals surface area (Å²) in [7, 11) is 0. The second kappa shape index (κ2) is 25.7. The summed E-state index contributed by atoms with van der Waals surface area (Å²) in [5, 5.41) is 0. The van der Waals surface area contributed by atoms with Gasteiger partial charge >= 0.3 is 186 Å². The Kier molecular flexibility index (Phi) is 36.9. The van der Waals surface area contributed by atoms with Crippen LogP contribution in [0.2, 0.25) is 0 Å². The van der Waals surface area contributed by atoms with Crippen LogP contribution < -0.4 is 45.1 Å². The van der Waals surface area contributed by atoms with Gasteiger partial charge in [0.15, 0.2) is 0 Å². The molecule has 0 rings (SSSR count). The first-order valence-electron chi connectivity index (χ1n) is 8.09. The summed E-state index contributed by atoms with van der Waals surface area (Å²) in [6, 6.07) is 0. The minimum absolute atomic E-state index is 1.28. The molecule has 0 unspecified atom stereocenters. The molecular formula is C8H20Mo6NO24-11. The van der Waals surface area contributed by atoms with Crippen LogP contribution >= 0.6 is 0 Å². The Morgan fingerprint density at radius 2 is 0.359 bits per heavy atom. The zero-order chi connectivity index (χ0) is 34.3. The maximum absolute atomic E-state index is 8.63. The number of nitrogens with zero attached hydrogens (tertiary/aromatic N) is 1. The van der Waals surface area contributed by atoms with Gasteiger partial charge in [-0.25, -0.2) is 0 Å². The van der Waals surface area contributed by atoms with E-state index in [0.29, 0.717) is 0 Å². The van der Waals surface area contributed by atoms with Crippen LogP contribution in [-0.4, -0.2) is 30.7 Å². The van der Waals surface area contributed by atoms with E-state index in [1.165, 1.54) is 30.7 Å². The second-order valence-electron chi connectivity index (χ2n) is 5.06. The summed E-state index contributed by atoms with van der Waals surface area (Å²) >= 11 is -36.1. The SMILES string of the molecule is CC[N+](CC)(CC)CC.[O]=[Mo](=[O])([O-])[O-].[O]=[Mo](=[O])([O-])[O-].[O]=[Mo](=[O])([O-])[O-].[O]=[Mo](=[O])([O-])[O-].[O]=[Mo](=[O])([O-])[O-].[O]=[Mo](=[O])([O-])[O-]. The predicted molar refractivity (Wildman–Crippen MR) is 50.7 cm³/mol. The van der Waals surface area contributed by atoms with Crippen LogP contribution in [0.25, 0.3) is 0 Å². The predicted octanol–water partition coefficient (Wildman–Crippen LogP) is -13.8. The van der Waals surface area contributed by atoms with Crippen LogP contribution in [-0.2, 0) is 141 Å². The Morgan fingerprint density at radius 3 is 0.359 bits per heavy atom. The Labute approximate surface area is 242 Å². The summed E-state index contributed by atoms with van der Waals surface area (Å²) in [6.45, 7) is 14.2. The fourth-order valence-corrected chi connectivity index (χ4v) is 1.34. The van der Waals surface area contributed by atoms with Gasteiger partial charge in [-0.1, -0.05) is 0 Å². The van der Waals surface area contributed by atoms with E-state index in [1.807, 2.05) is 0 Å². The van der Waals surface area contributed by atoms with Gasteiger partial charge in [0.1, 0.15) is 0 Å². The average molecular weight is 1090 g/mol. The molecule has 0 N–H and O–H groups in total. The molecule has 0 radical (unpaired) electrons. The monoisotopic (exact) mass is 1100 g/mol. The van der Waals surface area contributed by atoms with Gasteiger partial charge in [-0.3, -0.25) is 0 Å². The van der Waals surface area contributed by atoms with Crippen molar-refractivity contribution in [2.45, 2.75) is 27.7 Å². The Morgan fingerprint density at radius 1 is 0.308 bits per heavy atom. The van der Waals surface area contributed by atoms with Crippen molar-refractivity contribution in [1.82, 2.24) is 0 Å². The molecule has 0 bridgehead atoms. The van der Waals surface area contributed by atoms with E-state index < -0.39 is 100 Å². The van der Waals surface area contributed by atoms with E-state index in [1.54, 1.807) is 0 Å². The fourth-order valence-electron chi connectivity index (χ4n) is 1.34. The van der Waals surface area contributed by atoms with Gasteiger partial charge in [0.25, 0.3) is 0 Å². The number of rotatable bonds is 4. The van der Waals surface area contributed by atoms with Gasteiger partial charge in [-0.15, -0.1) is 0 Å². The molecule has 25 nitrogen and oxygen atoms in total. The van der Waals surface area contributed by atoms with Crippen molar-refractivity contribution in [2.75, 3.05) is 26.2 Å². The van der Waals surface area contributed by atoms with Crippen LogP contribution in [0, 0.1) is 0 Å². The first kappa shape index (κ1) is 56.1. The van der Waals surface area contributed by atoms with Gasteiger partial charge in [0, 0.05) is 0 Å². The molecule has 0 aliphatic carbocycles. The third kappa shape index (κ3) is 311. The van der Waals surface area contributed by atoms with Gasteiger partial charge in [-0.05, 0) is 27.7 Å². The number of quaternary nitrogens is 1. The van der Waals surface area contributed by atoms with Crippen LogP contribution in [0.15, 0.2) is 0 Å². The maximum atomic E-state index is 8.63. The van der Waals surface area contributed by atoms with Crippen molar-refractivity contribution in [1.29, 1.82) is 0 Å². The van der Waals surface area contributed by atoms with Crippen LogP contribution in [0.4, 0.5) is 0 Å². The van der Waals surface area contributed by atoms with E-state index in [2.05, 4.69) is 27.7 Å². The first-order chi connectivity index (χ1) is 16.2. The van der Waals surface area contributed by atoms with Crippen LogP contribution in [0.3, 0.4) is 0 Å². The van der Waals surface area contributed by atoms with Crippen molar-refractivity contribution in [3.63, 3.8) is 0 Å². The normalized spacial score (nSPS) is 11.7. The zero-order valence-electron chi connectivity index (χ0n) is 19.5. The second-order valence-corrected chi connectivity index (χ2v) is 17.1. The van der Waals surface area contributed by atoms with Gasteiger partial charge in [-0.2, -0.15) is 0 Å². The van der Waals surface area contributed by atoms with Gasteiger partial charge in [0.2, 0.25) is 0 Å². The fraction of sp³-hybridized carbons (Fsp3) is 1.00. The molecule has 0 spiro atoms. The first-order valence-corrected chi connectivity index (χ1v) is 27.8.